The summed E-state index contributed by atoms with van der Waals surface area (Å²) in [7, 11) is 0. The van der Waals surface area contributed by atoms with Crippen LogP contribution >= 0.6 is 0 Å². The van der Waals surface area contributed by atoms with Crippen molar-refractivity contribution in [2.75, 3.05) is 6.61 Å². The predicted molar refractivity (Wildman–Crippen MR) is 101 cm³/mol. The number of carbonyl (C=O) groups excluding carboxylic acids is 2. The summed E-state index contributed by atoms with van der Waals surface area (Å²) in [5, 5.41) is 0. The minimum Gasteiger partial charge on any atom is -0.466 e. The molecular formula is C21H30FNO4. The second-order valence-corrected chi connectivity index (χ2v) is 8.49. The van der Waals surface area contributed by atoms with Gasteiger partial charge in [0.1, 0.15) is 11.4 Å². The van der Waals surface area contributed by atoms with Crippen molar-refractivity contribution in [3.05, 3.63) is 35.6 Å². The fraction of sp³-hybridized carbons (Fsp3) is 0.619. The molecule has 0 spiro atoms. The molecule has 0 N–H and O–H groups in total. The smallest absolute Gasteiger partial charge is 0.411 e. The molecule has 1 aromatic carbocycles. The highest BCUT2D eigenvalue weighted by Gasteiger charge is 2.50. The van der Waals surface area contributed by atoms with E-state index in [2.05, 4.69) is 0 Å². The Balaban J connectivity index is 2.42. The van der Waals surface area contributed by atoms with Crippen molar-refractivity contribution in [1.82, 2.24) is 4.90 Å². The maximum absolute atomic E-state index is 13.8. The number of ether oxygens (including phenoxy) is 2. The molecule has 27 heavy (non-hydrogen) atoms. The van der Waals surface area contributed by atoms with Gasteiger partial charge in [-0.15, -0.1) is 0 Å². The molecular weight excluding hydrogens is 349 g/mol. The minimum absolute atomic E-state index is 0.273. The molecule has 0 bridgehead atoms. The van der Waals surface area contributed by atoms with Gasteiger partial charge in [-0.2, -0.15) is 0 Å². The number of rotatable bonds is 4. The van der Waals surface area contributed by atoms with E-state index < -0.39 is 23.2 Å². The van der Waals surface area contributed by atoms with Crippen LogP contribution < -0.4 is 0 Å². The highest BCUT2D eigenvalue weighted by atomic mass is 19.1. The van der Waals surface area contributed by atoms with Crippen molar-refractivity contribution in [1.29, 1.82) is 0 Å². The van der Waals surface area contributed by atoms with Crippen LogP contribution in [0.3, 0.4) is 0 Å². The van der Waals surface area contributed by atoms with Crippen LogP contribution in [-0.2, 0) is 14.3 Å². The highest BCUT2D eigenvalue weighted by molar-refractivity contribution is 5.79. The summed E-state index contributed by atoms with van der Waals surface area (Å²) in [6.45, 7) is 11.0. The van der Waals surface area contributed by atoms with Crippen molar-refractivity contribution in [3.8, 4) is 0 Å². The number of halogens is 1. The zero-order chi connectivity index (χ0) is 20.4. The zero-order valence-corrected chi connectivity index (χ0v) is 17.0. The van der Waals surface area contributed by atoms with Gasteiger partial charge in [0.15, 0.2) is 0 Å². The topological polar surface area (TPSA) is 55.8 Å². The molecule has 1 aromatic rings. The van der Waals surface area contributed by atoms with Crippen LogP contribution in [0.15, 0.2) is 24.3 Å². The molecule has 1 aliphatic heterocycles. The number of esters is 1. The largest absolute Gasteiger partial charge is 0.466 e. The normalized spacial score (nSPS) is 20.5. The molecule has 0 aliphatic carbocycles. The van der Waals surface area contributed by atoms with Gasteiger partial charge in [0.25, 0.3) is 0 Å². The predicted octanol–water partition coefficient (Wildman–Crippen LogP) is 4.86. The maximum Gasteiger partial charge on any atom is 0.411 e. The molecule has 0 saturated carbocycles. The third kappa shape index (κ3) is 4.79. The molecule has 1 aliphatic rings. The summed E-state index contributed by atoms with van der Waals surface area (Å²) in [6.07, 6.45) is 0.722. The Morgan fingerprint density at radius 1 is 1.19 bits per heavy atom. The SMILES string of the molecule is CCOC(=O)C(C)(C)[C@H]1CC[C@@H](c2cccc(F)c2)N1C(=O)OC(C)(C)C. The van der Waals surface area contributed by atoms with E-state index in [9.17, 15) is 14.0 Å². The van der Waals surface area contributed by atoms with E-state index in [0.717, 1.165) is 0 Å². The molecule has 2 rings (SSSR count). The average molecular weight is 379 g/mol. The van der Waals surface area contributed by atoms with E-state index in [1.807, 2.05) is 0 Å². The number of benzene rings is 1. The van der Waals surface area contributed by atoms with Crippen molar-refractivity contribution >= 4 is 12.1 Å². The molecule has 6 heteroatoms. The lowest BCUT2D eigenvalue weighted by molar-refractivity contribution is -0.156. The number of carbonyl (C=O) groups is 2. The van der Waals surface area contributed by atoms with Crippen LogP contribution in [-0.4, -0.2) is 35.2 Å². The van der Waals surface area contributed by atoms with Crippen LogP contribution in [0.5, 0.6) is 0 Å². The van der Waals surface area contributed by atoms with E-state index in [0.29, 0.717) is 18.4 Å². The van der Waals surface area contributed by atoms with Crippen molar-refractivity contribution in [3.63, 3.8) is 0 Å². The first-order chi connectivity index (χ1) is 12.5. The van der Waals surface area contributed by atoms with Gasteiger partial charge in [0.2, 0.25) is 0 Å². The number of likely N-dealkylation sites (tertiary alicyclic amines) is 1. The third-order valence-electron chi connectivity index (χ3n) is 4.86. The summed E-state index contributed by atoms with van der Waals surface area (Å²) in [5.41, 5.74) is -0.886. The van der Waals surface area contributed by atoms with Gasteiger partial charge in [0, 0.05) is 0 Å². The van der Waals surface area contributed by atoms with Gasteiger partial charge in [-0.25, -0.2) is 9.18 Å². The Labute approximate surface area is 160 Å². The fourth-order valence-corrected chi connectivity index (χ4v) is 3.58. The number of nitrogens with zero attached hydrogens (tertiary/aromatic N) is 1. The Hall–Kier alpha value is -2.11. The third-order valence-corrected chi connectivity index (χ3v) is 4.86. The maximum atomic E-state index is 13.8. The van der Waals surface area contributed by atoms with Gasteiger partial charge in [-0.3, -0.25) is 9.69 Å². The van der Waals surface area contributed by atoms with E-state index in [-0.39, 0.29) is 24.4 Å². The van der Waals surface area contributed by atoms with E-state index in [4.69, 9.17) is 9.47 Å². The molecule has 1 heterocycles. The molecule has 0 unspecified atom stereocenters. The minimum atomic E-state index is -0.908. The lowest BCUT2D eigenvalue weighted by Crippen LogP contribution is -2.50. The monoisotopic (exact) mass is 379 g/mol. The van der Waals surface area contributed by atoms with Crippen molar-refractivity contribution in [2.45, 2.75) is 72.1 Å². The van der Waals surface area contributed by atoms with Gasteiger partial charge in [-0.1, -0.05) is 12.1 Å². The number of hydrogen-bond acceptors (Lipinski definition) is 4. The van der Waals surface area contributed by atoms with Crippen molar-refractivity contribution < 1.29 is 23.5 Å². The van der Waals surface area contributed by atoms with Crippen LogP contribution in [0, 0.1) is 11.2 Å². The van der Waals surface area contributed by atoms with Gasteiger partial charge in [0.05, 0.1) is 24.1 Å². The van der Waals surface area contributed by atoms with Gasteiger partial charge in [-0.05, 0) is 72.1 Å². The van der Waals surface area contributed by atoms with Crippen LogP contribution in [0.2, 0.25) is 0 Å². The average Bonchev–Trinajstić information content (AvgIpc) is 2.99. The second kappa shape index (κ2) is 7.87. The first kappa shape index (κ1) is 21.2. The zero-order valence-electron chi connectivity index (χ0n) is 17.0. The van der Waals surface area contributed by atoms with E-state index in [1.165, 1.54) is 12.1 Å². The highest BCUT2D eigenvalue weighted by Crippen LogP contribution is 2.44. The quantitative estimate of drug-likeness (QED) is 0.702. The number of amides is 1. The number of hydrogen-bond donors (Lipinski definition) is 0. The first-order valence-corrected chi connectivity index (χ1v) is 9.41. The van der Waals surface area contributed by atoms with Crippen LogP contribution in [0.25, 0.3) is 0 Å². The lowest BCUT2D eigenvalue weighted by Gasteiger charge is -2.39. The molecule has 5 nitrogen and oxygen atoms in total. The van der Waals surface area contributed by atoms with E-state index >= 15 is 0 Å². The molecule has 1 saturated heterocycles. The molecule has 150 valence electrons. The summed E-state index contributed by atoms with van der Waals surface area (Å²) in [4.78, 5) is 27.2. The Morgan fingerprint density at radius 3 is 2.41 bits per heavy atom. The summed E-state index contributed by atoms with van der Waals surface area (Å²) in [5.74, 6) is -0.715. The Bertz CT molecular complexity index is 696. The molecule has 1 amide bonds. The van der Waals surface area contributed by atoms with Gasteiger partial charge < -0.3 is 9.47 Å². The molecule has 0 radical (unpaired) electrons. The summed E-state index contributed by atoms with van der Waals surface area (Å²) < 4.78 is 24.6. The Morgan fingerprint density at radius 2 is 1.85 bits per heavy atom. The van der Waals surface area contributed by atoms with Crippen LogP contribution in [0.4, 0.5) is 9.18 Å². The van der Waals surface area contributed by atoms with Gasteiger partial charge >= 0.3 is 12.1 Å². The first-order valence-electron chi connectivity index (χ1n) is 9.41. The lowest BCUT2D eigenvalue weighted by atomic mass is 9.83. The standard InChI is InChI=1S/C21H30FNO4/c1-7-26-18(24)21(5,6)17-12-11-16(14-9-8-10-15(22)13-14)23(17)19(25)27-20(2,3)4/h8-10,13,16-17H,7,11-12H2,1-6H3/t16-,17+/m0/s1. The Kier molecular flexibility index (Phi) is 6.17. The fourth-order valence-electron chi connectivity index (χ4n) is 3.58. The molecule has 2 atom stereocenters. The summed E-state index contributed by atoms with van der Waals surface area (Å²) in [6, 6.07) is 5.47. The van der Waals surface area contributed by atoms with Crippen molar-refractivity contribution in [2.24, 2.45) is 5.41 Å². The van der Waals surface area contributed by atoms with E-state index in [1.54, 1.807) is 58.6 Å². The molecule has 1 fully saturated rings. The molecule has 0 aromatic heterocycles. The summed E-state index contributed by atoms with van der Waals surface area (Å²) >= 11 is 0. The second-order valence-electron chi connectivity index (χ2n) is 8.49. The van der Waals surface area contributed by atoms with Crippen LogP contribution in [0.1, 0.15) is 66.0 Å².